The highest BCUT2D eigenvalue weighted by Crippen LogP contribution is 2.29. The zero-order chi connectivity index (χ0) is 10.4. The third kappa shape index (κ3) is 2.83. The molecule has 3 N–H and O–H groups in total. The second kappa shape index (κ2) is 5.37. The van der Waals surface area contributed by atoms with Crippen LogP contribution in [0.5, 0.6) is 11.5 Å². The van der Waals surface area contributed by atoms with E-state index in [0.717, 1.165) is 12.8 Å². The summed E-state index contributed by atoms with van der Waals surface area (Å²) in [7, 11) is 0. The SMILES string of the molecule is CCCCCOc1cccc(O)c1N. The fraction of sp³-hybridized carbons (Fsp3) is 0.455. The first kappa shape index (κ1) is 10.7. The number of anilines is 1. The molecule has 0 fully saturated rings. The minimum atomic E-state index is 0.0815. The Morgan fingerprint density at radius 1 is 1.36 bits per heavy atom. The Morgan fingerprint density at radius 2 is 2.14 bits per heavy atom. The van der Waals surface area contributed by atoms with Gasteiger partial charge in [0, 0.05) is 0 Å². The Morgan fingerprint density at radius 3 is 2.86 bits per heavy atom. The van der Waals surface area contributed by atoms with Crippen LogP contribution in [0.3, 0.4) is 0 Å². The second-order valence-corrected chi connectivity index (χ2v) is 3.24. The number of phenols is 1. The summed E-state index contributed by atoms with van der Waals surface area (Å²) in [6.07, 6.45) is 3.34. The summed E-state index contributed by atoms with van der Waals surface area (Å²) in [5.74, 6) is 0.652. The van der Waals surface area contributed by atoms with E-state index in [9.17, 15) is 5.11 Å². The number of nitrogen functional groups attached to an aromatic ring is 1. The molecule has 1 rings (SSSR count). The van der Waals surface area contributed by atoms with Gasteiger partial charge in [-0.3, -0.25) is 0 Å². The summed E-state index contributed by atoms with van der Waals surface area (Å²) in [6, 6.07) is 5.04. The van der Waals surface area contributed by atoms with E-state index in [4.69, 9.17) is 10.5 Å². The first-order valence-electron chi connectivity index (χ1n) is 4.96. The molecule has 0 saturated carbocycles. The van der Waals surface area contributed by atoms with E-state index in [0.29, 0.717) is 18.0 Å². The van der Waals surface area contributed by atoms with Gasteiger partial charge in [-0.1, -0.05) is 25.8 Å². The van der Waals surface area contributed by atoms with Crippen LogP contribution in [0.15, 0.2) is 18.2 Å². The standard InChI is InChI=1S/C11H17NO2/c1-2-3-4-8-14-10-7-5-6-9(13)11(10)12/h5-7,13H,2-4,8,12H2,1H3. The van der Waals surface area contributed by atoms with Crippen LogP contribution in [0.4, 0.5) is 5.69 Å². The van der Waals surface area contributed by atoms with Crippen molar-refractivity contribution < 1.29 is 9.84 Å². The van der Waals surface area contributed by atoms with Gasteiger partial charge in [0.2, 0.25) is 0 Å². The van der Waals surface area contributed by atoms with Crippen molar-refractivity contribution in [1.82, 2.24) is 0 Å². The van der Waals surface area contributed by atoms with Crippen LogP contribution in [0.25, 0.3) is 0 Å². The topological polar surface area (TPSA) is 55.5 Å². The van der Waals surface area contributed by atoms with Crippen molar-refractivity contribution >= 4 is 5.69 Å². The first-order valence-corrected chi connectivity index (χ1v) is 4.96. The predicted molar refractivity (Wildman–Crippen MR) is 57.5 cm³/mol. The smallest absolute Gasteiger partial charge is 0.145 e. The summed E-state index contributed by atoms with van der Waals surface area (Å²) in [4.78, 5) is 0. The van der Waals surface area contributed by atoms with E-state index in [1.807, 2.05) is 0 Å². The minimum Gasteiger partial charge on any atom is -0.506 e. The number of aromatic hydroxyl groups is 1. The molecule has 3 nitrogen and oxygen atoms in total. The molecular formula is C11H17NO2. The fourth-order valence-electron chi connectivity index (χ4n) is 1.19. The third-order valence-electron chi connectivity index (χ3n) is 2.05. The molecule has 3 heteroatoms. The van der Waals surface area contributed by atoms with Crippen molar-refractivity contribution in [2.24, 2.45) is 0 Å². The molecule has 0 heterocycles. The van der Waals surface area contributed by atoms with E-state index in [1.54, 1.807) is 18.2 Å². The average Bonchev–Trinajstić information content (AvgIpc) is 2.19. The van der Waals surface area contributed by atoms with Crippen LogP contribution in [0.2, 0.25) is 0 Å². The van der Waals surface area contributed by atoms with Gasteiger partial charge in [-0.2, -0.15) is 0 Å². The van der Waals surface area contributed by atoms with Crippen molar-refractivity contribution in [1.29, 1.82) is 0 Å². The van der Waals surface area contributed by atoms with Crippen LogP contribution < -0.4 is 10.5 Å². The number of hydrogen-bond donors (Lipinski definition) is 2. The largest absolute Gasteiger partial charge is 0.506 e. The van der Waals surface area contributed by atoms with Crippen LogP contribution in [-0.4, -0.2) is 11.7 Å². The molecule has 0 atom stereocenters. The summed E-state index contributed by atoms with van der Waals surface area (Å²) in [5, 5.41) is 9.30. The van der Waals surface area contributed by atoms with E-state index in [2.05, 4.69) is 6.92 Å². The highest BCUT2D eigenvalue weighted by Gasteiger charge is 2.03. The Bertz CT molecular complexity index is 287. The molecular weight excluding hydrogens is 178 g/mol. The summed E-state index contributed by atoms with van der Waals surface area (Å²) in [5.41, 5.74) is 5.95. The summed E-state index contributed by atoms with van der Waals surface area (Å²) in [6.45, 7) is 2.80. The monoisotopic (exact) mass is 195 g/mol. The number of para-hydroxylation sites is 1. The maximum Gasteiger partial charge on any atom is 0.145 e. The van der Waals surface area contributed by atoms with E-state index >= 15 is 0 Å². The minimum absolute atomic E-state index is 0.0815. The van der Waals surface area contributed by atoms with Crippen molar-refractivity contribution in [2.75, 3.05) is 12.3 Å². The fourth-order valence-corrected chi connectivity index (χ4v) is 1.19. The van der Waals surface area contributed by atoms with E-state index in [1.165, 1.54) is 6.42 Å². The van der Waals surface area contributed by atoms with Crippen LogP contribution in [0.1, 0.15) is 26.2 Å². The molecule has 0 spiro atoms. The Kier molecular flexibility index (Phi) is 4.11. The maximum atomic E-state index is 9.30. The van der Waals surface area contributed by atoms with Crippen molar-refractivity contribution in [3.63, 3.8) is 0 Å². The molecule has 0 unspecified atom stereocenters. The molecule has 0 saturated heterocycles. The number of phenolic OH excluding ortho intramolecular Hbond substituents is 1. The molecule has 14 heavy (non-hydrogen) atoms. The van der Waals surface area contributed by atoms with Gasteiger partial charge in [0.15, 0.2) is 0 Å². The molecule has 0 aromatic heterocycles. The van der Waals surface area contributed by atoms with E-state index in [-0.39, 0.29) is 5.75 Å². The number of unbranched alkanes of at least 4 members (excludes halogenated alkanes) is 2. The second-order valence-electron chi connectivity index (χ2n) is 3.24. The number of rotatable bonds is 5. The number of nitrogens with two attached hydrogens (primary N) is 1. The van der Waals surface area contributed by atoms with Gasteiger partial charge in [-0.15, -0.1) is 0 Å². The molecule has 0 aliphatic rings. The zero-order valence-electron chi connectivity index (χ0n) is 8.49. The zero-order valence-corrected chi connectivity index (χ0v) is 8.49. The lowest BCUT2D eigenvalue weighted by atomic mass is 10.2. The van der Waals surface area contributed by atoms with Gasteiger partial charge < -0.3 is 15.6 Å². The molecule has 0 amide bonds. The maximum absolute atomic E-state index is 9.30. The molecule has 0 aliphatic heterocycles. The highest BCUT2D eigenvalue weighted by atomic mass is 16.5. The molecule has 78 valence electrons. The highest BCUT2D eigenvalue weighted by molar-refractivity contribution is 5.61. The predicted octanol–water partition coefficient (Wildman–Crippen LogP) is 2.54. The molecule has 0 radical (unpaired) electrons. The van der Waals surface area contributed by atoms with Gasteiger partial charge in [0.05, 0.1) is 6.61 Å². The lowest BCUT2D eigenvalue weighted by molar-refractivity contribution is 0.306. The number of benzene rings is 1. The van der Waals surface area contributed by atoms with Gasteiger partial charge in [-0.25, -0.2) is 0 Å². The van der Waals surface area contributed by atoms with Gasteiger partial charge in [-0.05, 0) is 18.6 Å². The summed E-state index contributed by atoms with van der Waals surface area (Å²) < 4.78 is 5.43. The van der Waals surface area contributed by atoms with Crippen LogP contribution in [0, 0.1) is 0 Å². The normalized spacial score (nSPS) is 10.1. The molecule has 1 aromatic rings. The molecule has 0 aliphatic carbocycles. The van der Waals surface area contributed by atoms with Crippen LogP contribution in [-0.2, 0) is 0 Å². The number of ether oxygens (including phenoxy) is 1. The molecule has 0 bridgehead atoms. The molecule has 1 aromatic carbocycles. The quantitative estimate of drug-likeness (QED) is 0.431. The van der Waals surface area contributed by atoms with Gasteiger partial charge in [0.1, 0.15) is 17.2 Å². The Labute approximate surface area is 84.5 Å². The lowest BCUT2D eigenvalue weighted by Crippen LogP contribution is -2.00. The average molecular weight is 195 g/mol. The van der Waals surface area contributed by atoms with Crippen molar-refractivity contribution in [3.05, 3.63) is 18.2 Å². The summed E-state index contributed by atoms with van der Waals surface area (Å²) >= 11 is 0. The third-order valence-corrected chi connectivity index (χ3v) is 2.05. The van der Waals surface area contributed by atoms with Crippen molar-refractivity contribution in [2.45, 2.75) is 26.2 Å². The van der Waals surface area contributed by atoms with Gasteiger partial charge in [0.25, 0.3) is 0 Å². The first-order chi connectivity index (χ1) is 6.75. The van der Waals surface area contributed by atoms with Crippen LogP contribution >= 0.6 is 0 Å². The number of hydrogen-bond acceptors (Lipinski definition) is 3. The Hall–Kier alpha value is -1.38. The lowest BCUT2D eigenvalue weighted by Gasteiger charge is -2.08. The van der Waals surface area contributed by atoms with E-state index < -0.39 is 0 Å². The van der Waals surface area contributed by atoms with Gasteiger partial charge >= 0.3 is 0 Å². The van der Waals surface area contributed by atoms with Crippen molar-refractivity contribution in [3.8, 4) is 11.5 Å². The Balaban J connectivity index is 2.46.